The Bertz CT molecular complexity index is 603. The summed E-state index contributed by atoms with van der Waals surface area (Å²) >= 11 is 0. The molecule has 21 heavy (non-hydrogen) atoms. The Morgan fingerprint density at radius 1 is 0.905 bits per heavy atom. The molecule has 0 aliphatic carbocycles. The van der Waals surface area contributed by atoms with E-state index in [4.69, 9.17) is 0 Å². The van der Waals surface area contributed by atoms with Crippen LogP contribution in [0, 0.1) is 18.8 Å². The molecular weight excluding hydrogens is 254 g/mol. The lowest BCUT2D eigenvalue weighted by atomic mass is 9.79. The summed E-state index contributed by atoms with van der Waals surface area (Å²) in [7, 11) is 2.10. The highest BCUT2D eigenvalue weighted by molar-refractivity contribution is 5.61. The molecule has 1 aromatic heterocycles. The summed E-state index contributed by atoms with van der Waals surface area (Å²) in [6.45, 7) is 11.5. The smallest absolute Gasteiger partial charge is 0.201 e. The zero-order valence-electron chi connectivity index (χ0n) is 14.2. The van der Waals surface area contributed by atoms with E-state index in [1.54, 1.807) is 0 Å². The quantitative estimate of drug-likeness (QED) is 0.704. The molecule has 0 N–H and O–H groups in total. The van der Waals surface area contributed by atoms with E-state index in [9.17, 15) is 0 Å². The summed E-state index contributed by atoms with van der Waals surface area (Å²) in [4.78, 5) is 0. The van der Waals surface area contributed by atoms with E-state index < -0.39 is 0 Å². The molecule has 0 amide bonds. The van der Waals surface area contributed by atoms with Crippen molar-refractivity contribution in [2.45, 2.75) is 40.5 Å². The van der Waals surface area contributed by atoms with Gasteiger partial charge < -0.3 is 0 Å². The largest absolute Gasteiger partial charge is 0.212 e. The number of aromatic nitrogens is 1. The highest BCUT2D eigenvalue weighted by atomic mass is 14.9. The molecule has 2 rings (SSSR count). The molecule has 0 bridgehead atoms. The van der Waals surface area contributed by atoms with Gasteiger partial charge in [-0.15, -0.1) is 0 Å². The first-order chi connectivity index (χ1) is 9.91. The van der Waals surface area contributed by atoms with Crippen molar-refractivity contribution >= 4 is 0 Å². The Morgan fingerprint density at radius 3 is 2.10 bits per heavy atom. The average Bonchev–Trinajstić information content (AvgIpc) is 2.39. The minimum Gasteiger partial charge on any atom is -0.201 e. The van der Waals surface area contributed by atoms with Gasteiger partial charge in [-0.1, -0.05) is 39.8 Å². The molecule has 0 aliphatic rings. The molecule has 0 atom stereocenters. The number of aryl methyl sites for hydroxylation is 2. The monoisotopic (exact) mass is 282 g/mol. The van der Waals surface area contributed by atoms with Crippen LogP contribution >= 0.6 is 0 Å². The van der Waals surface area contributed by atoms with Crippen molar-refractivity contribution in [1.82, 2.24) is 0 Å². The average molecular weight is 282 g/mol. The van der Waals surface area contributed by atoms with Crippen LogP contribution in [0.25, 0.3) is 11.3 Å². The lowest BCUT2D eigenvalue weighted by Gasteiger charge is -2.26. The van der Waals surface area contributed by atoms with Crippen LogP contribution < -0.4 is 4.57 Å². The van der Waals surface area contributed by atoms with E-state index >= 15 is 0 Å². The maximum atomic E-state index is 2.38. The van der Waals surface area contributed by atoms with Gasteiger partial charge in [-0.05, 0) is 47.9 Å². The van der Waals surface area contributed by atoms with Gasteiger partial charge in [-0.2, -0.15) is 0 Å². The number of pyridine rings is 1. The second-order valence-electron chi connectivity index (χ2n) is 6.78. The van der Waals surface area contributed by atoms with Gasteiger partial charge in [0.15, 0.2) is 6.20 Å². The molecular formula is C20H28N+. The highest BCUT2D eigenvalue weighted by Gasteiger charge is 2.21. The molecule has 0 spiro atoms. The fraction of sp³-hybridized carbons (Fsp3) is 0.450. The number of rotatable bonds is 4. The molecule has 2 aromatic rings. The van der Waals surface area contributed by atoms with Gasteiger partial charge in [0, 0.05) is 17.7 Å². The van der Waals surface area contributed by atoms with Crippen LogP contribution in [0.2, 0.25) is 0 Å². The summed E-state index contributed by atoms with van der Waals surface area (Å²) in [5, 5.41) is 0. The van der Waals surface area contributed by atoms with Crippen molar-refractivity contribution < 1.29 is 4.57 Å². The molecule has 1 heterocycles. The summed E-state index contributed by atoms with van der Waals surface area (Å²) in [6.07, 6.45) is 2.10. The highest BCUT2D eigenvalue weighted by Crippen LogP contribution is 2.34. The van der Waals surface area contributed by atoms with Gasteiger partial charge in [0.05, 0.1) is 0 Å². The predicted molar refractivity (Wildman–Crippen MR) is 90.2 cm³/mol. The van der Waals surface area contributed by atoms with Crippen LogP contribution in [-0.2, 0) is 7.05 Å². The van der Waals surface area contributed by atoms with E-state index in [2.05, 4.69) is 88.8 Å². The molecule has 0 unspecified atom stereocenters. The second kappa shape index (κ2) is 6.43. The zero-order valence-corrected chi connectivity index (χ0v) is 14.2. The molecule has 0 saturated carbocycles. The van der Waals surface area contributed by atoms with E-state index in [0.717, 1.165) is 0 Å². The topological polar surface area (TPSA) is 3.88 Å². The molecule has 112 valence electrons. The van der Waals surface area contributed by atoms with Gasteiger partial charge in [0.25, 0.3) is 0 Å². The molecule has 1 heteroatoms. The van der Waals surface area contributed by atoms with Gasteiger partial charge in [0.2, 0.25) is 5.69 Å². The van der Waals surface area contributed by atoms with Gasteiger partial charge in [-0.3, -0.25) is 0 Å². The Kier molecular flexibility index (Phi) is 4.82. The van der Waals surface area contributed by atoms with Gasteiger partial charge in [-0.25, -0.2) is 4.57 Å². The minimum absolute atomic E-state index is 0.627. The van der Waals surface area contributed by atoms with Crippen molar-refractivity contribution in [3.8, 4) is 11.3 Å². The second-order valence-corrected chi connectivity index (χ2v) is 6.78. The van der Waals surface area contributed by atoms with Crippen molar-refractivity contribution in [2.75, 3.05) is 0 Å². The number of hydrogen-bond donors (Lipinski definition) is 0. The molecule has 0 fully saturated rings. The van der Waals surface area contributed by atoms with Crippen molar-refractivity contribution in [3.05, 3.63) is 53.7 Å². The zero-order chi connectivity index (χ0) is 15.6. The Balaban J connectivity index is 2.45. The van der Waals surface area contributed by atoms with Crippen molar-refractivity contribution in [1.29, 1.82) is 0 Å². The summed E-state index contributed by atoms with van der Waals surface area (Å²) in [6, 6.07) is 13.4. The normalized spacial score (nSPS) is 11.7. The minimum atomic E-state index is 0.627. The van der Waals surface area contributed by atoms with E-state index in [1.807, 2.05) is 0 Å². The molecule has 0 radical (unpaired) electrons. The van der Waals surface area contributed by atoms with E-state index in [-0.39, 0.29) is 0 Å². The van der Waals surface area contributed by atoms with Crippen LogP contribution in [-0.4, -0.2) is 0 Å². The Labute approximate surface area is 129 Å². The van der Waals surface area contributed by atoms with E-state index in [0.29, 0.717) is 17.8 Å². The maximum Gasteiger partial charge on any atom is 0.212 e. The van der Waals surface area contributed by atoms with Crippen LogP contribution in [0.1, 0.15) is 44.7 Å². The number of nitrogens with zero attached hydrogens (tertiary/aromatic N) is 1. The maximum absolute atomic E-state index is 2.38. The third-order valence-corrected chi connectivity index (χ3v) is 4.40. The molecule has 1 aromatic carbocycles. The summed E-state index contributed by atoms with van der Waals surface area (Å²) < 4.78 is 2.18. The SMILES string of the molecule is Cc1cc(C(C(C)C)C(C)C)ccc1-c1cccc[n+]1C. The first kappa shape index (κ1) is 15.8. The number of benzene rings is 1. The van der Waals surface area contributed by atoms with Crippen LogP contribution in [0.5, 0.6) is 0 Å². The van der Waals surface area contributed by atoms with E-state index in [1.165, 1.54) is 22.4 Å². The lowest BCUT2D eigenvalue weighted by Crippen LogP contribution is -2.30. The fourth-order valence-corrected chi connectivity index (χ4v) is 3.52. The standard InChI is InChI=1S/C20H28N/c1-14(2)20(15(3)4)17-10-11-18(16(5)13-17)19-9-7-8-12-21(19)6/h7-15,20H,1-6H3/q+1. The summed E-state index contributed by atoms with van der Waals surface area (Å²) in [5.41, 5.74) is 5.43. The first-order valence-corrected chi connectivity index (χ1v) is 7.97. The third-order valence-electron chi connectivity index (χ3n) is 4.40. The van der Waals surface area contributed by atoms with Crippen molar-refractivity contribution in [2.24, 2.45) is 18.9 Å². The van der Waals surface area contributed by atoms with Gasteiger partial charge in [0.1, 0.15) is 7.05 Å². The predicted octanol–water partition coefficient (Wildman–Crippen LogP) is 4.88. The van der Waals surface area contributed by atoms with Gasteiger partial charge >= 0.3 is 0 Å². The molecule has 1 nitrogen and oxygen atoms in total. The fourth-order valence-electron chi connectivity index (χ4n) is 3.52. The van der Waals surface area contributed by atoms with Crippen LogP contribution in [0.4, 0.5) is 0 Å². The molecule has 0 aliphatic heterocycles. The van der Waals surface area contributed by atoms with Crippen LogP contribution in [0.3, 0.4) is 0 Å². The Hall–Kier alpha value is -1.63. The van der Waals surface area contributed by atoms with Crippen molar-refractivity contribution in [3.63, 3.8) is 0 Å². The first-order valence-electron chi connectivity index (χ1n) is 7.97. The van der Waals surface area contributed by atoms with Crippen LogP contribution in [0.15, 0.2) is 42.6 Å². The number of hydrogen-bond acceptors (Lipinski definition) is 0. The summed E-state index contributed by atoms with van der Waals surface area (Å²) in [5.74, 6) is 1.97. The third kappa shape index (κ3) is 3.34. The Morgan fingerprint density at radius 2 is 1.57 bits per heavy atom. The molecule has 0 saturated heterocycles. The lowest BCUT2D eigenvalue weighted by molar-refractivity contribution is -0.660.